The van der Waals surface area contributed by atoms with Gasteiger partial charge < -0.3 is 60.7 Å². The molecule has 0 heterocycles. The van der Waals surface area contributed by atoms with Crippen LogP contribution in [-0.4, -0.2) is 0 Å². The molecule has 0 aliphatic rings. The Morgan fingerprint density at radius 2 is 0.368 bits per heavy atom. The summed E-state index contributed by atoms with van der Waals surface area (Å²) in [5.74, 6) is 0. The van der Waals surface area contributed by atoms with E-state index in [1.165, 1.54) is 0 Å². The SMILES string of the molecule is O=N[O-].O=N[O-].O=N[O-].O=N[O-].O=N[O-].O=N[O-].[Mo]. The second-order valence-corrected chi connectivity index (χ2v) is 0.447. The molecule has 0 unspecified atom stereocenters. The molecule has 0 atom stereocenters. The van der Waals surface area contributed by atoms with Gasteiger partial charge in [0.2, 0.25) is 0 Å². The Hall–Kier alpha value is -2.91. The van der Waals surface area contributed by atoms with Crippen LogP contribution in [0.25, 0.3) is 0 Å². The number of nitrogens with zero attached hydrogens (tertiary/aromatic N) is 6. The van der Waals surface area contributed by atoms with Crippen LogP contribution in [0.1, 0.15) is 0 Å². The molecule has 0 aliphatic heterocycles. The van der Waals surface area contributed by atoms with E-state index in [4.69, 9.17) is 60.7 Å². The van der Waals surface area contributed by atoms with Crippen LogP contribution in [0.15, 0.2) is 32.0 Å². The van der Waals surface area contributed by atoms with Gasteiger partial charge >= 0.3 is 0 Å². The van der Waals surface area contributed by atoms with Crippen molar-refractivity contribution in [3.05, 3.63) is 60.7 Å². The molecule has 0 aromatic rings. The summed E-state index contributed by atoms with van der Waals surface area (Å²) in [4.78, 5) is 48.0. The molecule has 18 nitrogen and oxygen atoms in total. The molecule has 0 rings (SSSR count). The van der Waals surface area contributed by atoms with Gasteiger partial charge in [0.1, 0.15) is 0 Å². The van der Waals surface area contributed by atoms with Gasteiger partial charge in [-0.1, -0.05) is 0 Å². The minimum atomic E-state index is 0. The Bertz CT molecular complexity index is 114. The molecule has 0 saturated carbocycles. The molecule has 0 N–H and O–H groups in total. The van der Waals surface area contributed by atoms with E-state index >= 15 is 0 Å². The van der Waals surface area contributed by atoms with Crippen molar-refractivity contribution in [2.75, 3.05) is 0 Å². The first kappa shape index (κ1) is 44.3. The molecule has 19 heavy (non-hydrogen) atoms. The summed E-state index contributed by atoms with van der Waals surface area (Å²) in [5, 5.41) is 54.0. The maximum absolute atomic E-state index is 8.00. The molecule has 0 aromatic heterocycles. The van der Waals surface area contributed by atoms with E-state index in [-0.39, 0.29) is 21.1 Å². The van der Waals surface area contributed by atoms with E-state index in [1.807, 2.05) is 0 Å². The second kappa shape index (κ2) is 314. The zero-order chi connectivity index (χ0) is 16.2. The maximum Gasteiger partial charge on any atom is 0 e. The second-order valence-electron chi connectivity index (χ2n) is 0.447. The molecule has 0 amide bonds. The molecule has 0 saturated heterocycles. The van der Waals surface area contributed by atoms with E-state index in [2.05, 4.69) is 0 Å². The summed E-state index contributed by atoms with van der Waals surface area (Å²) < 4.78 is 0. The molecular weight excluding hydrogens is 372 g/mol. The molecule has 0 aromatic carbocycles. The average molecular weight is 372 g/mol. The Balaban J connectivity index is -0.0000000180. The fourth-order valence-electron chi connectivity index (χ4n) is 0. The normalized spacial score (nSPS) is 3.79. The molecule has 19 heteroatoms. The van der Waals surface area contributed by atoms with E-state index in [0.29, 0.717) is 0 Å². The zero-order valence-electron chi connectivity index (χ0n) is 7.99. The van der Waals surface area contributed by atoms with Gasteiger partial charge in [-0.05, 0) is 0 Å². The van der Waals surface area contributed by atoms with Gasteiger partial charge in [0.25, 0.3) is 0 Å². The van der Waals surface area contributed by atoms with Crippen molar-refractivity contribution in [1.29, 1.82) is 0 Å². The van der Waals surface area contributed by atoms with E-state index in [0.717, 1.165) is 32.0 Å². The Kier molecular flexibility index (Phi) is 733. The topological polar surface area (TPSA) is 315 Å². The first-order valence-corrected chi connectivity index (χ1v) is 2.19. The average Bonchev–Trinajstić information content (AvgIpc) is 2.23. The van der Waals surface area contributed by atoms with Crippen LogP contribution in [0.5, 0.6) is 0 Å². The van der Waals surface area contributed by atoms with Gasteiger partial charge in [-0.2, -0.15) is 0 Å². The number of rotatable bonds is 0. The number of hydrogen-bond acceptors (Lipinski definition) is 18. The van der Waals surface area contributed by atoms with Crippen LogP contribution in [0.4, 0.5) is 0 Å². The predicted molar refractivity (Wildman–Crippen MR) is 55.0 cm³/mol. The van der Waals surface area contributed by atoms with E-state index < -0.39 is 0 Å². The monoisotopic (exact) mass is 374 g/mol. The van der Waals surface area contributed by atoms with Crippen molar-refractivity contribution in [2.24, 2.45) is 32.0 Å². The Labute approximate surface area is 114 Å². The van der Waals surface area contributed by atoms with Crippen LogP contribution < -0.4 is 0 Å². The molecular formula is MoN6O12-6. The largest absolute Gasteiger partial charge is 0.444 e. The standard InChI is InChI=1S/Mo.6HNO2/c;6*2-1-3/h;6*(H,2,3)/p-6. The maximum atomic E-state index is 8.00. The van der Waals surface area contributed by atoms with Crippen molar-refractivity contribution < 1.29 is 21.1 Å². The summed E-state index contributed by atoms with van der Waals surface area (Å²) in [6.07, 6.45) is 0. The van der Waals surface area contributed by atoms with Gasteiger partial charge in [0.15, 0.2) is 0 Å². The van der Waals surface area contributed by atoms with Gasteiger partial charge in [0.05, 0.1) is 0 Å². The zero-order valence-corrected chi connectivity index (χ0v) is 10.00. The summed E-state index contributed by atoms with van der Waals surface area (Å²) in [6, 6.07) is 0. The van der Waals surface area contributed by atoms with Gasteiger partial charge in [0, 0.05) is 21.1 Å². The van der Waals surface area contributed by atoms with Crippen LogP contribution in [-0.2, 0) is 21.1 Å². The fraction of sp³-hybridized carbons (Fsp3) is 0. The van der Waals surface area contributed by atoms with Crippen LogP contribution in [0, 0.1) is 60.7 Å². The van der Waals surface area contributed by atoms with Gasteiger partial charge in [-0.15, -0.1) is 32.0 Å². The van der Waals surface area contributed by atoms with Crippen molar-refractivity contribution in [3.8, 4) is 0 Å². The molecule has 0 bridgehead atoms. The summed E-state index contributed by atoms with van der Waals surface area (Å²) in [7, 11) is 0. The number of hydrogen-bond donors (Lipinski definition) is 0. The summed E-state index contributed by atoms with van der Waals surface area (Å²) in [5.41, 5.74) is 0. The Morgan fingerprint density at radius 1 is 0.368 bits per heavy atom. The van der Waals surface area contributed by atoms with Crippen LogP contribution in [0.3, 0.4) is 0 Å². The smallest absolute Gasteiger partial charge is 0 e. The molecule has 0 spiro atoms. The minimum Gasteiger partial charge on any atom is -0.444 e. The fourth-order valence-corrected chi connectivity index (χ4v) is 0. The van der Waals surface area contributed by atoms with Crippen molar-refractivity contribution >= 4 is 0 Å². The van der Waals surface area contributed by atoms with Gasteiger partial charge in [-0.3, -0.25) is 0 Å². The first-order chi connectivity index (χ1) is 8.49. The Morgan fingerprint density at radius 3 is 0.368 bits per heavy atom. The quantitative estimate of drug-likeness (QED) is 0.331. The van der Waals surface area contributed by atoms with Gasteiger partial charge in [-0.25, -0.2) is 0 Å². The van der Waals surface area contributed by atoms with Crippen molar-refractivity contribution in [2.45, 2.75) is 0 Å². The third-order valence-corrected chi connectivity index (χ3v) is 0. The van der Waals surface area contributed by atoms with Crippen LogP contribution in [0.2, 0.25) is 0 Å². The van der Waals surface area contributed by atoms with E-state index in [9.17, 15) is 0 Å². The molecule has 0 aliphatic carbocycles. The summed E-state index contributed by atoms with van der Waals surface area (Å²) >= 11 is 0. The van der Waals surface area contributed by atoms with Crippen molar-refractivity contribution in [3.63, 3.8) is 0 Å². The predicted octanol–water partition coefficient (Wildman–Crippen LogP) is 1.50. The molecule has 114 valence electrons. The third kappa shape index (κ3) is 305. The minimum absolute atomic E-state index is 0. The van der Waals surface area contributed by atoms with Crippen molar-refractivity contribution in [1.82, 2.24) is 0 Å². The molecule has 0 fully saturated rings. The first-order valence-electron chi connectivity index (χ1n) is 2.19. The molecule has 0 radical (unpaired) electrons. The van der Waals surface area contributed by atoms with Crippen LogP contribution >= 0.6 is 0 Å². The third-order valence-electron chi connectivity index (χ3n) is 0. The van der Waals surface area contributed by atoms with E-state index in [1.54, 1.807) is 0 Å². The summed E-state index contributed by atoms with van der Waals surface area (Å²) in [6.45, 7) is 0.